The van der Waals surface area contributed by atoms with Gasteiger partial charge in [0.05, 0.1) is 13.2 Å². The second kappa shape index (κ2) is 5.49. The number of amides is 1. The zero-order chi connectivity index (χ0) is 14.0. The fraction of sp³-hybridized carbons (Fsp3) is 0.857. The Morgan fingerprint density at radius 1 is 1.42 bits per heavy atom. The minimum atomic E-state index is -0.982. The molecule has 1 unspecified atom stereocenters. The van der Waals surface area contributed by atoms with Gasteiger partial charge in [-0.2, -0.15) is 0 Å². The Hall–Kier alpha value is -1.10. The molecule has 1 aliphatic carbocycles. The van der Waals surface area contributed by atoms with E-state index in [-0.39, 0.29) is 17.9 Å². The van der Waals surface area contributed by atoms with E-state index < -0.39 is 12.1 Å². The van der Waals surface area contributed by atoms with Gasteiger partial charge in [-0.05, 0) is 25.2 Å². The van der Waals surface area contributed by atoms with Crippen LogP contribution in [0.15, 0.2) is 0 Å². The Balaban J connectivity index is 2.03. The molecule has 2 fully saturated rings. The first-order valence-electron chi connectivity index (χ1n) is 7.08. The lowest BCUT2D eigenvalue weighted by Gasteiger charge is -2.46. The van der Waals surface area contributed by atoms with Crippen LogP contribution in [0.5, 0.6) is 0 Å². The average molecular weight is 269 g/mol. The summed E-state index contributed by atoms with van der Waals surface area (Å²) in [4.78, 5) is 25.4. The number of carboxylic acid groups (broad SMARTS) is 1. The zero-order valence-electron chi connectivity index (χ0n) is 11.7. The number of carbonyl (C=O) groups excluding carboxylic acids is 1. The lowest BCUT2D eigenvalue weighted by Crippen LogP contribution is -2.55. The molecule has 2 rings (SSSR count). The van der Waals surface area contributed by atoms with E-state index in [0.717, 1.165) is 25.7 Å². The lowest BCUT2D eigenvalue weighted by molar-refractivity contribution is -0.166. The fourth-order valence-corrected chi connectivity index (χ4v) is 3.21. The van der Waals surface area contributed by atoms with Crippen LogP contribution in [-0.2, 0) is 14.3 Å². The molecule has 1 amide bonds. The number of hydrogen-bond donors (Lipinski definition) is 1. The number of carboxylic acids is 1. The van der Waals surface area contributed by atoms with Gasteiger partial charge in [0.1, 0.15) is 0 Å². The van der Waals surface area contributed by atoms with Crippen molar-refractivity contribution in [3.63, 3.8) is 0 Å². The van der Waals surface area contributed by atoms with Gasteiger partial charge in [-0.3, -0.25) is 4.79 Å². The summed E-state index contributed by atoms with van der Waals surface area (Å²) in [6.07, 6.45) is 3.03. The van der Waals surface area contributed by atoms with E-state index in [1.54, 1.807) is 4.90 Å². The van der Waals surface area contributed by atoms with Crippen molar-refractivity contribution in [2.75, 3.05) is 19.7 Å². The van der Waals surface area contributed by atoms with Crippen LogP contribution in [0.25, 0.3) is 0 Å². The van der Waals surface area contributed by atoms with Gasteiger partial charge >= 0.3 is 5.97 Å². The number of nitrogens with zero attached hydrogens (tertiary/aromatic N) is 1. The Morgan fingerprint density at radius 3 is 2.58 bits per heavy atom. The number of aliphatic carboxylic acids is 1. The van der Waals surface area contributed by atoms with Crippen molar-refractivity contribution in [2.45, 2.75) is 45.6 Å². The monoisotopic (exact) mass is 269 g/mol. The lowest BCUT2D eigenvalue weighted by atomic mass is 9.63. The summed E-state index contributed by atoms with van der Waals surface area (Å²) in [5.41, 5.74) is -0.228. The largest absolute Gasteiger partial charge is 0.479 e. The van der Waals surface area contributed by atoms with Crippen LogP contribution < -0.4 is 0 Å². The Morgan fingerprint density at radius 2 is 2.11 bits per heavy atom. The first kappa shape index (κ1) is 14.3. The standard InChI is InChI=1S/C14H23NO4/c1-10(2)8-14(4-3-5-14)13(18)15-6-7-19-11(9-15)12(16)17/h10-11H,3-9H2,1-2H3,(H,16,17). The van der Waals surface area contributed by atoms with Crippen LogP contribution in [0.4, 0.5) is 0 Å². The zero-order valence-corrected chi connectivity index (χ0v) is 11.7. The molecule has 1 aliphatic heterocycles. The molecule has 0 bridgehead atoms. The molecule has 2 aliphatic rings. The van der Waals surface area contributed by atoms with Gasteiger partial charge in [0.2, 0.25) is 5.91 Å². The third kappa shape index (κ3) is 2.91. The maximum Gasteiger partial charge on any atom is 0.334 e. The van der Waals surface area contributed by atoms with Crippen molar-refractivity contribution in [3.8, 4) is 0 Å². The maximum atomic E-state index is 12.7. The maximum absolute atomic E-state index is 12.7. The topological polar surface area (TPSA) is 66.8 Å². The van der Waals surface area contributed by atoms with E-state index in [9.17, 15) is 9.59 Å². The van der Waals surface area contributed by atoms with Crippen LogP contribution in [0, 0.1) is 11.3 Å². The first-order chi connectivity index (χ1) is 8.94. The molecule has 19 heavy (non-hydrogen) atoms. The highest BCUT2D eigenvalue weighted by molar-refractivity contribution is 5.84. The van der Waals surface area contributed by atoms with Gasteiger partial charge in [-0.1, -0.05) is 20.3 Å². The highest BCUT2D eigenvalue weighted by Crippen LogP contribution is 2.47. The Labute approximate surface area is 113 Å². The summed E-state index contributed by atoms with van der Waals surface area (Å²) >= 11 is 0. The molecule has 5 nitrogen and oxygen atoms in total. The highest BCUT2D eigenvalue weighted by Gasteiger charge is 2.47. The van der Waals surface area contributed by atoms with E-state index in [1.165, 1.54) is 0 Å². The predicted molar refractivity (Wildman–Crippen MR) is 69.7 cm³/mol. The molecule has 5 heteroatoms. The molecule has 1 heterocycles. The van der Waals surface area contributed by atoms with Gasteiger partial charge in [0.25, 0.3) is 0 Å². The summed E-state index contributed by atoms with van der Waals surface area (Å²) in [5, 5.41) is 8.99. The Bertz CT molecular complexity index is 362. The second-order valence-corrected chi connectivity index (χ2v) is 6.18. The number of hydrogen-bond acceptors (Lipinski definition) is 3. The van der Waals surface area contributed by atoms with Gasteiger partial charge in [-0.25, -0.2) is 4.79 Å². The smallest absolute Gasteiger partial charge is 0.334 e. The normalized spacial score (nSPS) is 26.1. The van der Waals surface area contributed by atoms with E-state index in [2.05, 4.69) is 13.8 Å². The molecular formula is C14H23NO4. The molecule has 0 aromatic rings. The molecule has 0 radical (unpaired) electrons. The van der Waals surface area contributed by atoms with Gasteiger partial charge in [0, 0.05) is 12.0 Å². The molecule has 1 saturated carbocycles. The van der Waals surface area contributed by atoms with Crippen LogP contribution in [0.1, 0.15) is 39.5 Å². The van der Waals surface area contributed by atoms with Crippen molar-refractivity contribution in [2.24, 2.45) is 11.3 Å². The molecule has 0 aromatic heterocycles. The first-order valence-corrected chi connectivity index (χ1v) is 7.08. The highest BCUT2D eigenvalue weighted by atomic mass is 16.5. The third-order valence-corrected chi connectivity index (χ3v) is 4.19. The van der Waals surface area contributed by atoms with E-state index in [0.29, 0.717) is 19.1 Å². The molecule has 0 spiro atoms. The molecule has 0 aromatic carbocycles. The number of morpholine rings is 1. The number of rotatable bonds is 4. The van der Waals surface area contributed by atoms with Crippen LogP contribution in [-0.4, -0.2) is 47.7 Å². The summed E-state index contributed by atoms with van der Waals surface area (Å²) in [6.45, 7) is 5.29. The van der Waals surface area contributed by atoms with Crippen molar-refractivity contribution < 1.29 is 19.4 Å². The minimum absolute atomic E-state index is 0.141. The van der Waals surface area contributed by atoms with Crippen LogP contribution >= 0.6 is 0 Å². The van der Waals surface area contributed by atoms with Gasteiger partial charge < -0.3 is 14.7 Å². The third-order valence-electron chi connectivity index (χ3n) is 4.19. The predicted octanol–water partition coefficient (Wildman–Crippen LogP) is 1.51. The van der Waals surface area contributed by atoms with Gasteiger partial charge in [-0.15, -0.1) is 0 Å². The number of ether oxygens (including phenoxy) is 1. The average Bonchev–Trinajstić information content (AvgIpc) is 2.33. The summed E-state index contributed by atoms with van der Waals surface area (Å²) in [6, 6.07) is 0. The fourth-order valence-electron chi connectivity index (χ4n) is 3.21. The second-order valence-electron chi connectivity index (χ2n) is 6.18. The van der Waals surface area contributed by atoms with E-state index in [4.69, 9.17) is 9.84 Å². The molecule has 108 valence electrons. The van der Waals surface area contributed by atoms with Crippen molar-refractivity contribution in [1.29, 1.82) is 0 Å². The van der Waals surface area contributed by atoms with Crippen molar-refractivity contribution in [3.05, 3.63) is 0 Å². The number of carbonyl (C=O) groups is 2. The summed E-state index contributed by atoms with van der Waals surface area (Å²) in [5.74, 6) is -0.355. The van der Waals surface area contributed by atoms with E-state index in [1.807, 2.05) is 0 Å². The molecule has 1 saturated heterocycles. The minimum Gasteiger partial charge on any atom is -0.479 e. The molecule has 1 atom stereocenters. The van der Waals surface area contributed by atoms with Crippen LogP contribution in [0.3, 0.4) is 0 Å². The molecular weight excluding hydrogens is 246 g/mol. The Kier molecular flexibility index (Phi) is 4.13. The van der Waals surface area contributed by atoms with Crippen LogP contribution in [0.2, 0.25) is 0 Å². The summed E-state index contributed by atoms with van der Waals surface area (Å²) < 4.78 is 5.17. The SMILES string of the molecule is CC(C)CC1(C(=O)N2CCOC(C(=O)O)C2)CCC1. The summed E-state index contributed by atoms with van der Waals surface area (Å²) in [7, 11) is 0. The molecule has 1 N–H and O–H groups in total. The van der Waals surface area contributed by atoms with Crippen molar-refractivity contribution in [1.82, 2.24) is 4.90 Å². The quantitative estimate of drug-likeness (QED) is 0.840. The van der Waals surface area contributed by atoms with Crippen molar-refractivity contribution >= 4 is 11.9 Å². The van der Waals surface area contributed by atoms with E-state index >= 15 is 0 Å². The van der Waals surface area contributed by atoms with Gasteiger partial charge in [0.15, 0.2) is 6.10 Å².